The second-order valence-electron chi connectivity index (χ2n) is 6.51. The molecule has 7 heteroatoms. The van der Waals surface area contributed by atoms with Crippen molar-refractivity contribution in [3.05, 3.63) is 58.6 Å². The van der Waals surface area contributed by atoms with Gasteiger partial charge in [-0.25, -0.2) is 0 Å². The minimum absolute atomic E-state index is 0.0368. The van der Waals surface area contributed by atoms with Crippen LogP contribution in [0.4, 0.5) is 5.69 Å². The number of halogens is 1. The van der Waals surface area contributed by atoms with Crippen LogP contribution in [-0.2, 0) is 4.79 Å². The lowest BCUT2D eigenvalue weighted by Crippen LogP contribution is -2.50. The van der Waals surface area contributed by atoms with E-state index in [0.717, 1.165) is 5.69 Å². The lowest BCUT2D eigenvalue weighted by molar-refractivity contribution is -0.133. The van der Waals surface area contributed by atoms with Crippen molar-refractivity contribution in [2.24, 2.45) is 0 Å². The molecule has 0 saturated carbocycles. The Balaban J connectivity index is 1.59. The summed E-state index contributed by atoms with van der Waals surface area (Å²) in [6.07, 6.45) is 0. The van der Waals surface area contributed by atoms with Gasteiger partial charge in [-0.15, -0.1) is 0 Å². The van der Waals surface area contributed by atoms with Crippen molar-refractivity contribution in [3.8, 4) is 11.8 Å². The van der Waals surface area contributed by atoms with Crippen molar-refractivity contribution in [3.63, 3.8) is 0 Å². The van der Waals surface area contributed by atoms with Gasteiger partial charge in [0.05, 0.1) is 11.3 Å². The highest BCUT2D eigenvalue weighted by molar-refractivity contribution is 6.30. The summed E-state index contributed by atoms with van der Waals surface area (Å²) in [5.41, 5.74) is 1.83. The molecule has 0 N–H and O–H groups in total. The van der Waals surface area contributed by atoms with Crippen molar-refractivity contribution >= 4 is 29.0 Å². The number of carbonyl (C=O) groups is 2. The van der Waals surface area contributed by atoms with Gasteiger partial charge >= 0.3 is 0 Å². The van der Waals surface area contributed by atoms with E-state index in [4.69, 9.17) is 16.3 Å². The Bertz CT molecular complexity index is 913. The van der Waals surface area contributed by atoms with Crippen LogP contribution in [0.5, 0.6) is 5.75 Å². The molecule has 0 aromatic heterocycles. The minimum Gasteiger partial charge on any atom is -0.484 e. The number of benzene rings is 2. The third-order valence-electron chi connectivity index (χ3n) is 4.67. The number of nitrogens with zero attached hydrogens (tertiary/aromatic N) is 3. The summed E-state index contributed by atoms with van der Waals surface area (Å²) in [4.78, 5) is 27.8. The van der Waals surface area contributed by atoms with E-state index in [1.807, 2.05) is 4.90 Å². The quantitative estimate of drug-likeness (QED) is 0.724. The van der Waals surface area contributed by atoms with E-state index in [-0.39, 0.29) is 18.3 Å². The number of piperazine rings is 1. The van der Waals surface area contributed by atoms with Crippen LogP contribution in [0.15, 0.2) is 42.5 Å². The monoisotopic (exact) mass is 397 g/mol. The Morgan fingerprint density at radius 2 is 1.79 bits per heavy atom. The Labute approximate surface area is 168 Å². The molecule has 2 aromatic rings. The summed E-state index contributed by atoms with van der Waals surface area (Å²) in [5, 5.41) is 9.97. The largest absolute Gasteiger partial charge is 0.484 e. The summed E-state index contributed by atoms with van der Waals surface area (Å²) in [6, 6.07) is 14.1. The first-order chi connectivity index (χ1) is 13.5. The van der Waals surface area contributed by atoms with Gasteiger partial charge in [-0.1, -0.05) is 11.6 Å². The molecule has 1 amide bonds. The zero-order valence-electron chi connectivity index (χ0n) is 15.5. The third-order valence-corrected chi connectivity index (χ3v) is 4.93. The first-order valence-electron chi connectivity index (χ1n) is 8.94. The smallest absolute Gasteiger partial charge is 0.260 e. The molecule has 0 radical (unpaired) electrons. The number of anilines is 1. The van der Waals surface area contributed by atoms with Gasteiger partial charge in [0.2, 0.25) is 0 Å². The van der Waals surface area contributed by atoms with Crippen LogP contribution in [-0.4, -0.2) is 49.4 Å². The zero-order chi connectivity index (χ0) is 20.1. The van der Waals surface area contributed by atoms with E-state index >= 15 is 0 Å². The van der Waals surface area contributed by atoms with Crippen molar-refractivity contribution < 1.29 is 14.3 Å². The van der Waals surface area contributed by atoms with Gasteiger partial charge in [0.1, 0.15) is 11.8 Å². The Hall–Kier alpha value is -3.04. The normalized spacial score (nSPS) is 13.8. The van der Waals surface area contributed by atoms with E-state index in [1.54, 1.807) is 47.4 Å². The lowest BCUT2D eigenvalue weighted by atomic mass is 10.1. The van der Waals surface area contributed by atoms with Crippen molar-refractivity contribution in [1.29, 1.82) is 5.26 Å². The topological polar surface area (TPSA) is 73.6 Å². The Kier molecular flexibility index (Phi) is 6.17. The summed E-state index contributed by atoms with van der Waals surface area (Å²) in [5.74, 6) is 0.461. The Morgan fingerprint density at radius 3 is 2.39 bits per heavy atom. The molecule has 6 nitrogen and oxygen atoms in total. The first-order valence-corrected chi connectivity index (χ1v) is 9.32. The second-order valence-corrected chi connectivity index (χ2v) is 6.95. The summed E-state index contributed by atoms with van der Waals surface area (Å²) in [7, 11) is 0. The van der Waals surface area contributed by atoms with Crippen LogP contribution in [0.1, 0.15) is 22.8 Å². The number of amides is 1. The molecular formula is C21H20ClN3O3. The molecule has 1 aliphatic heterocycles. The van der Waals surface area contributed by atoms with E-state index in [2.05, 4.69) is 6.07 Å². The SMILES string of the molecule is CC(=O)c1ccc(C#N)c(N2CCN(C(=O)COc3ccc(Cl)cc3)CC2)c1. The number of ketones is 1. The molecule has 3 rings (SSSR count). The molecule has 0 atom stereocenters. The molecule has 1 fully saturated rings. The van der Waals surface area contributed by atoms with Gasteiger partial charge in [-0.05, 0) is 49.4 Å². The van der Waals surface area contributed by atoms with E-state index < -0.39 is 0 Å². The van der Waals surface area contributed by atoms with Crippen molar-refractivity contribution in [2.45, 2.75) is 6.92 Å². The number of carbonyl (C=O) groups excluding carboxylic acids is 2. The summed E-state index contributed by atoms with van der Waals surface area (Å²) < 4.78 is 5.52. The van der Waals surface area contributed by atoms with Gasteiger partial charge in [0.15, 0.2) is 12.4 Å². The van der Waals surface area contributed by atoms with Gasteiger partial charge in [-0.2, -0.15) is 5.26 Å². The number of nitriles is 1. The van der Waals surface area contributed by atoms with Crippen LogP contribution >= 0.6 is 11.6 Å². The molecule has 2 aromatic carbocycles. The maximum absolute atomic E-state index is 12.4. The van der Waals surface area contributed by atoms with Crippen molar-refractivity contribution in [2.75, 3.05) is 37.7 Å². The maximum atomic E-state index is 12.4. The number of hydrogen-bond donors (Lipinski definition) is 0. The second kappa shape index (κ2) is 8.77. The van der Waals surface area contributed by atoms with Crippen molar-refractivity contribution in [1.82, 2.24) is 4.90 Å². The third kappa shape index (κ3) is 4.62. The molecule has 0 aliphatic carbocycles. The van der Waals surface area contributed by atoms with Crippen LogP contribution in [0.2, 0.25) is 5.02 Å². The molecule has 28 heavy (non-hydrogen) atoms. The molecule has 1 saturated heterocycles. The Morgan fingerprint density at radius 1 is 1.11 bits per heavy atom. The van der Waals surface area contributed by atoms with E-state index in [0.29, 0.717) is 48.1 Å². The molecular weight excluding hydrogens is 378 g/mol. The molecule has 0 bridgehead atoms. The first kappa shape index (κ1) is 19.7. The van der Waals surface area contributed by atoms with E-state index in [9.17, 15) is 14.9 Å². The summed E-state index contributed by atoms with van der Waals surface area (Å²) >= 11 is 5.83. The average Bonchev–Trinajstić information content (AvgIpc) is 2.72. The highest BCUT2D eigenvalue weighted by Crippen LogP contribution is 2.24. The molecule has 1 heterocycles. The predicted octanol–water partition coefficient (Wildman–Crippen LogP) is 3.14. The predicted molar refractivity (Wildman–Crippen MR) is 107 cm³/mol. The van der Waals surface area contributed by atoms with E-state index in [1.165, 1.54) is 6.92 Å². The number of hydrogen-bond acceptors (Lipinski definition) is 5. The highest BCUT2D eigenvalue weighted by atomic mass is 35.5. The van der Waals surface area contributed by atoms with Gasteiger partial charge < -0.3 is 14.5 Å². The fourth-order valence-electron chi connectivity index (χ4n) is 3.07. The number of Topliss-reactive ketones (excluding diaryl/α,β-unsaturated/α-hetero) is 1. The fourth-order valence-corrected chi connectivity index (χ4v) is 3.20. The zero-order valence-corrected chi connectivity index (χ0v) is 16.3. The molecule has 1 aliphatic rings. The van der Waals surface area contributed by atoms with Gasteiger partial charge in [0.25, 0.3) is 5.91 Å². The van der Waals surface area contributed by atoms with Crippen LogP contribution in [0, 0.1) is 11.3 Å². The number of ether oxygens (including phenoxy) is 1. The van der Waals surface area contributed by atoms with Crippen LogP contribution in [0.25, 0.3) is 0 Å². The maximum Gasteiger partial charge on any atom is 0.260 e. The lowest BCUT2D eigenvalue weighted by Gasteiger charge is -2.36. The average molecular weight is 398 g/mol. The fraction of sp³-hybridized carbons (Fsp3) is 0.286. The molecule has 0 spiro atoms. The summed E-state index contributed by atoms with van der Waals surface area (Å²) in [6.45, 7) is 3.69. The minimum atomic E-state index is -0.0902. The molecule has 144 valence electrons. The molecule has 0 unspecified atom stereocenters. The van der Waals surface area contributed by atoms with Gasteiger partial charge in [-0.3, -0.25) is 9.59 Å². The van der Waals surface area contributed by atoms with Gasteiger partial charge in [0, 0.05) is 36.8 Å². The number of rotatable bonds is 5. The van der Waals surface area contributed by atoms with Crippen LogP contribution < -0.4 is 9.64 Å². The van der Waals surface area contributed by atoms with Crippen LogP contribution in [0.3, 0.4) is 0 Å². The standard InChI is InChI=1S/C21H20ClN3O3/c1-15(26)16-2-3-17(13-23)20(12-16)24-8-10-25(11-9-24)21(27)14-28-19-6-4-18(22)5-7-19/h2-7,12H,8-11,14H2,1H3. The highest BCUT2D eigenvalue weighted by Gasteiger charge is 2.23.